The van der Waals surface area contributed by atoms with Gasteiger partial charge in [-0.25, -0.2) is 9.97 Å². The van der Waals surface area contributed by atoms with Crippen molar-refractivity contribution in [2.24, 2.45) is 0 Å². The van der Waals surface area contributed by atoms with Crippen molar-refractivity contribution in [3.05, 3.63) is 35.9 Å². The number of anilines is 1. The normalized spacial score (nSPS) is 10.1. The SMILES string of the molecule is CCCNc1ncnc(-c2cncc(C#N)c2)c1CC. The number of nitrogens with one attached hydrogen (secondary N) is 1. The predicted octanol–water partition coefficient (Wildman–Crippen LogP) is 2.79. The van der Waals surface area contributed by atoms with Crippen molar-refractivity contribution >= 4 is 5.82 Å². The average molecular weight is 267 g/mol. The molecule has 5 heteroatoms. The summed E-state index contributed by atoms with van der Waals surface area (Å²) >= 11 is 0. The van der Waals surface area contributed by atoms with Crippen molar-refractivity contribution in [1.29, 1.82) is 5.26 Å². The summed E-state index contributed by atoms with van der Waals surface area (Å²) in [5.41, 5.74) is 3.28. The fourth-order valence-corrected chi connectivity index (χ4v) is 2.02. The Morgan fingerprint density at radius 2 is 2.10 bits per heavy atom. The minimum absolute atomic E-state index is 0.534. The maximum Gasteiger partial charge on any atom is 0.133 e. The Morgan fingerprint density at radius 1 is 1.25 bits per heavy atom. The van der Waals surface area contributed by atoms with Gasteiger partial charge in [0.1, 0.15) is 18.2 Å². The van der Waals surface area contributed by atoms with E-state index in [1.807, 2.05) is 0 Å². The Balaban J connectivity index is 2.47. The van der Waals surface area contributed by atoms with Crippen molar-refractivity contribution in [2.75, 3.05) is 11.9 Å². The molecule has 102 valence electrons. The number of hydrogen-bond donors (Lipinski definition) is 1. The smallest absolute Gasteiger partial charge is 0.133 e. The Labute approximate surface area is 118 Å². The molecule has 0 spiro atoms. The van der Waals surface area contributed by atoms with E-state index in [0.29, 0.717) is 5.56 Å². The molecule has 2 aromatic rings. The molecule has 2 aromatic heterocycles. The monoisotopic (exact) mass is 267 g/mol. The first kappa shape index (κ1) is 13.9. The number of rotatable bonds is 5. The van der Waals surface area contributed by atoms with Crippen LogP contribution in [0.15, 0.2) is 24.8 Å². The summed E-state index contributed by atoms with van der Waals surface area (Å²) in [7, 11) is 0. The molecule has 0 atom stereocenters. The van der Waals surface area contributed by atoms with Gasteiger partial charge in [-0.2, -0.15) is 5.26 Å². The summed E-state index contributed by atoms with van der Waals surface area (Å²) in [6.45, 7) is 5.06. The second-order valence-corrected chi connectivity index (χ2v) is 4.40. The van der Waals surface area contributed by atoms with Crippen LogP contribution in [0.25, 0.3) is 11.3 Å². The van der Waals surface area contributed by atoms with Gasteiger partial charge in [-0.05, 0) is 18.9 Å². The molecule has 0 aromatic carbocycles. The summed E-state index contributed by atoms with van der Waals surface area (Å²) in [4.78, 5) is 12.8. The first-order chi connectivity index (χ1) is 9.80. The number of hydrogen-bond acceptors (Lipinski definition) is 5. The van der Waals surface area contributed by atoms with E-state index in [1.165, 1.54) is 0 Å². The average Bonchev–Trinajstić information content (AvgIpc) is 2.52. The minimum Gasteiger partial charge on any atom is -0.370 e. The van der Waals surface area contributed by atoms with Crippen LogP contribution in [0, 0.1) is 11.3 Å². The van der Waals surface area contributed by atoms with Gasteiger partial charge in [0.15, 0.2) is 0 Å². The summed E-state index contributed by atoms with van der Waals surface area (Å²) in [6.07, 6.45) is 6.68. The molecule has 2 heterocycles. The molecule has 0 amide bonds. The molecule has 0 bridgehead atoms. The summed E-state index contributed by atoms with van der Waals surface area (Å²) in [5, 5.41) is 12.3. The number of nitrogens with zero attached hydrogens (tertiary/aromatic N) is 4. The van der Waals surface area contributed by atoms with Crippen LogP contribution in [0.2, 0.25) is 0 Å². The summed E-state index contributed by atoms with van der Waals surface area (Å²) < 4.78 is 0. The van der Waals surface area contributed by atoms with Gasteiger partial charge in [0, 0.05) is 30.1 Å². The fourth-order valence-electron chi connectivity index (χ4n) is 2.02. The molecule has 0 saturated heterocycles. The second kappa shape index (κ2) is 6.62. The number of aromatic nitrogens is 3. The third-order valence-corrected chi connectivity index (χ3v) is 2.98. The van der Waals surface area contributed by atoms with Crippen LogP contribution in [0.3, 0.4) is 0 Å². The van der Waals surface area contributed by atoms with Crippen molar-refractivity contribution in [2.45, 2.75) is 26.7 Å². The van der Waals surface area contributed by atoms with Crippen molar-refractivity contribution in [3.8, 4) is 17.3 Å². The Kier molecular flexibility index (Phi) is 4.61. The van der Waals surface area contributed by atoms with Gasteiger partial charge in [0.05, 0.1) is 11.3 Å². The molecule has 2 rings (SSSR count). The van der Waals surface area contributed by atoms with E-state index in [-0.39, 0.29) is 0 Å². The molecule has 0 saturated carbocycles. The Morgan fingerprint density at radius 3 is 2.80 bits per heavy atom. The van der Waals surface area contributed by atoms with Crippen LogP contribution in [0.5, 0.6) is 0 Å². The highest BCUT2D eigenvalue weighted by Crippen LogP contribution is 2.26. The topological polar surface area (TPSA) is 74.5 Å². The lowest BCUT2D eigenvalue weighted by atomic mass is 10.0. The van der Waals surface area contributed by atoms with E-state index in [2.05, 4.69) is 40.2 Å². The van der Waals surface area contributed by atoms with Crippen LogP contribution in [0.1, 0.15) is 31.4 Å². The zero-order chi connectivity index (χ0) is 14.4. The third-order valence-electron chi connectivity index (χ3n) is 2.98. The quantitative estimate of drug-likeness (QED) is 0.901. The maximum absolute atomic E-state index is 8.97. The van der Waals surface area contributed by atoms with Crippen LogP contribution >= 0.6 is 0 Å². The van der Waals surface area contributed by atoms with Gasteiger partial charge in [0.25, 0.3) is 0 Å². The van der Waals surface area contributed by atoms with Crippen molar-refractivity contribution < 1.29 is 0 Å². The van der Waals surface area contributed by atoms with Gasteiger partial charge in [-0.1, -0.05) is 13.8 Å². The molecule has 0 unspecified atom stereocenters. The molecule has 0 fully saturated rings. The van der Waals surface area contributed by atoms with Crippen LogP contribution < -0.4 is 5.32 Å². The molecule has 0 aliphatic heterocycles. The highest BCUT2D eigenvalue weighted by Gasteiger charge is 2.12. The van der Waals surface area contributed by atoms with Crippen molar-refractivity contribution in [1.82, 2.24) is 15.0 Å². The van der Waals surface area contributed by atoms with Gasteiger partial charge in [0.2, 0.25) is 0 Å². The summed E-state index contributed by atoms with van der Waals surface area (Å²) in [6, 6.07) is 3.91. The number of pyridine rings is 1. The highest BCUT2D eigenvalue weighted by molar-refractivity contribution is 5.68. The van der Waals surface area contributed by atoms with Gasteiger partial charge in [-0.3, -0.25) is 4.98 Å². The zero-order valence-corrected chi connectivity index (χ0v) is 11.7. The highest BCUT2D eigenvalue weighted by atomic mass is 15.0. The van der Waals surface area contributed by atoms with Crippen LogP contribution in [0.4, 0.5) is 5.82 Å². The molecule has 0 radical (unpaired) electrons. The van der Waals surface area contributed by atoms with E-state index in [1.54, 1.807) is 24.8 Å². The van der Waals surface area contributed by atoms with E-state index in [0.717, 1.165) is 42.0 Å². The van der Waals surface area contributed by atoms with Crippen LogP contribution in [-0.2, 0) is 6.42 Å². The molecule has 20 heavy (non-hydrogen) atoms. The molecule has 5 nitrogen and oxygen atoms in total. The largest absolute Gasteiger partial charge is 0.370 e. The van der Waals surface area contributed by atoms with E-state index in [9.17, 15) is 0 Å². The maximum atomic E-state index is 8.97. The lowest BCUT2D eigenvalue weighted by molar-refractivity contribution is 0.949. The fraction of sp³-hybridized carbons (Fsp3) is 0.333. The molecule has 0 aliphatic rings. The van der Waals surface area contributed by atoms with Crippen LogP contribution in [-0.4, -0.2) is 21.5 Å². The van der Waals surface area contributed by atoms with Gasteiger partial charge < -0.3 is 5.32 Å². The van der Waals surface area contributed by atoms with E-state index >= 15 is 0 Å². The second-order valence-electron chi connectivity index (χ2n) is 4.40. The summed E-state index contributed by atoms with van der Waals surface area (Å²) in [5.74, 6) is 0.863. The zero-order valence-electron chi connectivity index (χ0n) is 11.7. The minimum atomic E-state index is 0.534. The standard InChI is InChI=1S/C15H17N5/c1-3-5-18-15-13(4-2)14(19-10-20-15)12-6-11(7-16)8-17-9-12/h6,8-10H,3-5H2,1-2H3,(H,18,19,20). The van der Waals surface area contributed by atoms with Crippen molar-refractivity contribution in [3.63, 3.8) is 0 Å². The van der Waals surface area contributed by atoms with Gasteiger partial charge in [-0.15, -0.1) is 0 Å². The van der Waals surface area contributed by atoms with E-state index < -0.39 is 0 Å². The molecule has 1 N–H and O–H groups in total. The van der Waals surface area contributed by atoms with Gasteiger partial charge >= 0.3 is 0 Å². The lowest BCUT2D eigenvalue weighted by Gasteiger charge is -2.12. The third kappa shape index (κ3) is 2.91. The molecular formula is C15H17N5. The molecular weight excluding hydrogens is 250 g/mol. The number of nitriles is 1. The van der Waals surface area contributed by atoms with E-state index in [4.69, 9.17) is 5.26 Å². The first-order valence-corrected chi connectivity index (χ1v) is 6.73. The predicted molar refractivity (Wildman–Crippen MR) is 78.1 cm³/mol. The lowest BCUT2D eigenvalue weighted by Crippen LogP contribution is -2.07. The molecule has 0 aliphatic carbocycles. The Bertz CT molecular complexity index is 630. The Hall–Kier alpha value is -2.48. The first-order valence-electron chi connectivity index (χ1n) is 6.73.